The lowest BCUT2D eigenvalue weighted by molar-refractivity contribution is -0.117. The maximum absolute atomic E-state index is 11.7. The minimum atomic E-state index is -0.575. The number of rotatable bonds is 3. The number of carbonyl (C=O) groups is 1. The lowest BCUT2D eigenvalue weighted by Crippen LogP contribution is -2.11. The molecule has 1 atom stereocenters. The Bertz CT molecular complexity index is 545. The fourth-order valence-electron chi connectivity index (χ4n) is 1.84. The number of Topliss-reactive ketones (excluding diaryl/α,β-unsaturated/α-hetero) is 1. The molecular weight excluding hydrogens is 218 g/mol. The predicted octanol–water partition coefficient (Wildman–Crippen LogP) is 2.41. The largest absolute Gasteiger partial charge is 0.508 e. The van der Waals surface area contributed by atoms with Gasteiger partial charge in [0.25, 0.3) is 0 Å². The summed E-state index contributed by atoms with van der Waals surface area (Å²) in [5, 5.41) is 13.6. The van der Waals surface area contributed by atoms with Gasteiger partial charge in [0.2, 0.25) is 0 Å². The van der Waals surface area contributed by atoms with E-state index in [-0.39, 0.29) is 11.5 Å². The molecule has 4 nitrogen and oxygen atoms in total. The Kier molecular flexibility index (Phi) is 2.95. The van der Waals surface area contributed by atoms with E-state index in [1.165, 1.54) is 6.92 Å². The van der Waals surface area contributed by atoms with E-state index < -0.39 is 5.92 Å². The highest BCUT2D eigenvalue weighted by molar-refractivity contribution is 5.87. The quantitative estimate of drug-likeness (QED) is 0.881. The molecule has 0 spiro atoms. The van der Waals surface area contributed by atoms with Gasteiger partial charge in [0.1, 0.15) is 17.3 Å². The highest BCUT2D eigenvalue weighted by Crippen LogP contribution is 2.31. The van der Waals surface area contributed by atoms with Crippen LogP contribution in [-0.2, 0) is 4.79 Å². The molecule has 0 aliphatic heterocycles. The topological polar surface area (TPSA) is 63.3 Å². The molecule has 0 saturated heterocycles. The van der Waals surface area contributed by atoms with Crippen LogP contribution in [0.3, 0.4) is 0 Å². The normalized spacial score (nSPS) is 12.4. The molecule has 1 N–H and O–H groups in total. The average Bonchev–Trinajstić information content (AvgIpc) is 2.68. The first-order valence-electron chi connectivity index (χ1n) is 5.31. The number of phenolic OH excluding ortho intramolecular Hbond substituents is 1. The minimum Gasteiger partial charge on any atom is -0.508 e. The molecule has 1 heterocycles. The first-order chi connectivity index (χ1) is 8.09. The molecule has 88 valence electrons. The maximum Gasteiger partial charge on any atom is 0.143 e. The summed E-state index contributed by atoms with van der Waals surface area (Å²) >= 11 is 0. The Balaban J connectivity index is 2.50. The number of aromatic nitrogens is 1. The van der Waals surface area contributed by atoms with E-state index in [4.69, 9.17) is 4.52 Å². The summed E-state index contributed by atoms with van der Waals surface area (Å²) in [4.78, 5) is 11.7. The third-order valence-corrected chi connectivity index (χ3v) is 2.60. The van der Waals surface area contributed by atoms with Crippen LogP contribution in [0.5, 0.6) is 5.75 Å². The molecule has 1 unspecified atom stereocenters. The third-order valence-electron chi connectivity index (χ3n) is 2.60. The first-order valence-corrected chi connectivity index (χ1v) is 5.31. The van der Waals surface area contributed by atoms with Crippen molar-refractivity contribution < 1.29 is 14.4 Å². The number of carbonyl (C=O) groups excluding carboxylic acids is 1. The molecule has 1 aromatic carbocycles. The maximum atomic E-state index is 11.7. The predicted molar refractivity (Wildman–Crippen MR) is 61.9 cm³/mol. The van der Waals surface area contributed by atoms with Crippen LogP contribution >= 0.6 is 0 Å². The number of benzene rings is 1. The van der Waals surface area contributed by atoms with E-state index in [0.29, 0.717) is 17.0 Å². The molecule has 0 amide bonds. The van der Waals surface area contributed by atoms with Crippen LogP contribution in [0.15, 0.2) is 34.9 Å². The lowest BCUT2D eigenvalue weighted by Gasteiger charge is -2.12. The summed E-state index contributed by atoms with van der Waals surface area (Å²) in [6, 6.07) is 8.46. The van der Waals surface area contributed by atoms with Gasteiger partial charge in [-0.25, -0.2) is 0 Å². The second-order valence-corrected chi connectivity index (χ2v) is 3.96. The van der Waals surface area contributed by atoms with Gasteiger partial charge in [-0.05, 0) is 19.9 Å². The highest BCUT2D eigenvalue weighted by atomic mass is 16.5. The van der Waals surface area contributed by atoms with Crippen LogP contribution in [-0.4, -0.2) is 16.0 Å². The van der Waals surface area contributed by atoms with Gasteiger partial charge in [-0.3, -0.25) is 4.79 Å². The van der Waals surface area contributed by atoms with Crippen LogP contribution in [0.2, 0.25) is 0 Å². The summed E-state index contributed by atoms with van der Waals surface area (Å²) in [6.45, 7) is 3.24. The number of para-hydroxylation sites is 1. The Morgan fingerprint density at radius 2 is 2.12 bits per heavy atom. The van der Waals surface area contributed by atoms with Crippen LogP contribution in [0.25, 0.3) is 0 Å². The molecule has 0 bridgehead atoms. The van der Waals surface area contributed by atoms with Crippen LogP contribution in [0, 0.1) is 6.92 Å². The molecule has 4 heteroatoms. The van der Waals surface area contributed by atoms with Crippen molar-refractivity contribution in [2.75, 3.05) is 0 Å². The van der Waals surface area contributed by atoms with Crippen molar-refractivity contribution in [2.45, 2.75) is 19.8 Å². The zero-order valence-electron chi connectivity index (χ0n) is 9.68. The van der Waals surface area contributed by atoms with Crippen molar-refractivity contribution in [3.63, 3.8) is 0 Å². The number of nitrogens with zero attached hydrogens (tertiary/aromatic N) is 1. The van der Waals surface area contributed by atoms with Crippen molar-refractivity contribution in [3.8, 4) is 5.75 Å². The SMILES string of the molecule is CC(=O)C(c1cc(C)on1)c1ccccc1O. The Morgan fingerprint density at radius 3 is 2.65 bits per heavy atom. The fraction of sp³-hybridized carbons (Fsp3) is 0.231. The Hall–Kier alpha value is -2.10. The number of aryl methyl sites for hydroxylation is 1. The number of ketones is 1. The Morgan fingerprint density at radius 1 is 1.41 bits per heavy atom. The molecule has 2 rings (SSSR count). The van der Waals surface area contributed by atoms with Gasteiger partial charge in [0, 0.05) is 11.6 Å². The van der Waals surface area contributed by atoms with Gasteiger partial charge in [-0.15, -0.1) is 0 Å². The van der Waals surface area contributed by atoms with E-state index in [9.17, 15) is 9.90 Å². The van der Waals surface area contributed by atoms with Gasteiger partial charge in [-0.1, -0.05) is 23.4 Å². The molecule has 17 heavy (non-hydrogen) atoms. The highest BCUT2D eigenvalue weighted by Gasteiger charge is 2.24. The third kappa shape index (κ3) is 2.20. The fourth-order valence-corrected chi connectivity index (χ4v) is 1.84. The van der Waals surface area contributed by atoms with Crippen molar-refractivity contribution in [2.24, 2.45) is 0 Å². The molecular formula is C13H13NO3. The monoisotopic (exact) mass is 231 g/mol. The number of phenols is 1. The van der Waals surface area contributed by atoms with Gasteiger partial charge >= 0.3 is 0 Å². The van der Waals surface area contributed by atoms with E-state index in [0.717, 1.165) is 0 Å². The molecule has 1 aromatic heterocycles. The van der Waals surface area contributed by atoms with E-state index >= 15 is 0 Å². The number of hydrogen-bond donors (Lipinski definition) is 1. The lowest BCUT2D eigenvalue weighted by atomic mass is 9.91. The number of aromatic hydroxyl groups is 1. The molecule has 0 fully saturated rings. The second-order valence-electron chi connectivity index (χ2n) is 3.96. The molecule has 0 saturated carbocycles. The van der Waals surface area contributed by atoms with Gasteiger partial charge in [0.15, 0.2) is 0 Å². The number of hydrogen-bond acceptors (Lipinski definition) is 4. The minimum absolute atomic E-state index is 0.0835. The van der Waals surface area contributed by atoms with Crippen molar-refractivity contribution >= 4 is 5.78 Å². The van der Waals surface area contributed by atoms with E-state index in [1.807, 2.05) is 0 Å². The molecule has 0 radical (unpaired) electrons. The first kappa shape index (κ1) is 11.4. The summed E-state index contributed by atoms with van der Waals surface area (Å²) in [6.07, 6.45) is 0. The summed E-state index contributed by atoms with van der Waals surface area (Å²) in [7, 11) is 0. The van der Waals surface area contributed by atoms with E-state index in [2.05, 4.69) is 5.16 Å². The van der Waals surface area contributed by atoms with Gasteiger partial charge < -0.3 is 9.63 Å². The Labute approximate surface area is 98.9 Å². The molecule has 0 aliphatic rings. The van der Waals surface area contributed by atoms with Gasteiger partial charge in [-0.2, -0.15) is 0 Å². The summed E-state index contributed by atoms with van der Waals surface area (Å²) in [5.41, 5.74) is 1.07. The van der Waals surface area contributed by atoms with Crippen molar-refractivity contribution in [1.29, 1.82) is 0 Å². The summed E-state index contributed by atoms with van der Waals surface area (Å²) in [5.74, 6) is 0.0727. The van der Waals surface area contributed by atoms with Crippen LogP contribution in [0.4, 0.5) is 0 Å². The zero-order valence-corrected chi connectivity index (χ0v) is 9.68. The van der Waals surface area contributed by atoms with Crippen molar-refractivity contribution in [3.05, 3.63) is 47.3 Å². The van der Waals surface area contributed by atoms with Crippen molar-refractivity contribution in [1.82, 2.24) is 5.16 Å². The smallest absolute Gasteiger partial charge is 0.143 e. The molecule has 0 aliphatic carbocycles. The van der Waals surface area contributed by atoms with Crippen LogP contribution < -0.4 is 0 Å². The van der Waals surface area contributed by atoms with Gasteiger partial charge in [0.05, 0.1) is 11.6 Å². The average molecular weight is 231 g/mol. The molecule has 2 aromatic rings. The van der Waals surface area contributed by atoms with E-state index in [1.54, 1.807) is 37.3 Å². The zero-order chi connectivity index (χ0) is 12.4. The summed E-state index contributed by atoms with van der Waals surface area (Å²) < 4.78 is 4.97. The standard InChI is InChI=1S/C13H13NO3/c1-8-7-11(14-17-8)13(9(2)15)10-5-3-4-6-12(10)16/h3-7,13,16H,1-2H3. The van der Waals surface area contributed by atoms with Crippen LogP contribution in [0.1, 0.15) is 29.9 Å². The second kappa shape index (κ2) is 4.41.